The fourth-order valence-electron chi connectivity index (χ4n) is 11.8. The molecule has 0 amide bonds. The number of hydrogen-bond donors (Lipinski definition) is 0. The van der Waals surface area contributed by atoms with Crippen molar-refractivity contribution in [3.8, 4) is 12.1 Å². The van der Waals surface area contributed by atoms with Crippen LogP contribution < -0.4 is 0 Å². The predicted molar refractivity (Wildman–Crippen MR) is 341 cm³/mol. The lowest BCUT2D eigenvalue weighted by Crippen LogP contribution is -2.41. The molecule has 488 valence electrons. The van der Waals surface area contributed by atoms with Gasteiger partial charge in [0.2, 0.25) is 8.38 Å². The zero-order chi connectivity index (χ0) is 63.3. The molecule has 4 aliphatic rings. The van der Waals surface area contributed by atoms with Gasteiger partial charge in [0.15, 0.2) is 0 Å². The summed E-state index contributed by atoms with van der Waals surface area (Å²) < 4.78 is 38.5. The summed E-state index contributed by atoms with van der Waals surface area (Å²) in [6.07, 6.45) is 13.2. The van der Waals surface area contributed by atoms with E-state index in [1.54, 1.807) is 0 Å². The van der Waals surface area contributed by atoms with E-state index in [-0.39, 0.29) is 66.7 Å². The molecule has 0 aromatic carbocycles. The minimum absolute atomic E-state index is 0.0148. The largest absolute Gasteiger partial charge is 0.461 e. The van der Waals surface area contributed by atoms with Gasteiger partial charge in [0, 0.05) is 82.2 Å². The molecule has 10 atom stereocenters. The van der Waals surface area contributed by atoms with Crippen molar-refractivity contribution in [2.75, 3.05) is 107 Å². The van der Waals surface area contributed by atoms with E-state index in [9.17, 15) is 19.2 Å². The first-order valence-corrected chi connectivity index (χ1v) is 34.8. The molecule has 4 heterocycles. The van der Waals surface area contributed by atoms with Crippen molar-refractivity contribution in [1.29, 1.82) is 10.5 Å². The maximum Gasteiger partial charge on any atom is 0.306 e. The Balaban J connectivity index is 0.000000565. The van der Waals surface area contributed by atoms with Crippen LogP contribution in [0.4, 0.5) is 0 Å². The number of carbonyl (C=O) groups is 4. The number of nitriles is 2. The average molecular weight is 1230 g/mol. The maximum atomic E-state index is 11.6. The first kappa shape index (κ1) is 79.7. The molecule has 0 aromatic rings. The van der Waals surface area contributed by atoms with Crippen LogP contribution in [0.2, 0.25) is 0 Å². The van der Waals surface area contributed by atoms with Gasteiger partial charge in [-0.3, -0.25) is 34.1 Å². The SMILES string of the molecule is CCCN1CC[C@@H](OC(=O)CCC(C)=O)[C@@H]1CC.CCCN1CC[C@@H](OP(OCCC#N)N(C(C)C)C(C)C)[C@@H]1CC.CCCN1C[C@@H](CC)[C@H](OC(=O)CCC(C)=O)C1.CCCN1C[C@@H](CC)[C@H](OP(OCCC#N)C(N(C)C)N(C)C)C1. The monoisotopic (exact) mass is 1230 g/mol. The quantitative estimate of drug-likeness (QED) is 0.0248. The molecular weight excluding hydrogens is 1100 g/mol. The van der Waals surface area contributed by atoms with Crippen molar-refractivity contribution in [2.45, 2.75) is 254 Å². The summed E-state index contributed by atoms with van der Waals surface area (Å²) in [6, 6.07) is 5.85. The van der Waals surface area contributed by atoms with Gasteiger partial charge in [-0.25, -0.2) is 4.67 Å². The Bertz CT molecular complexity index is 1790. The Kier molecular flexibility index (Phi) is 43.5. The van der Waals surface area contributed by atoms with Crippen LogP contribution in [0.25, 0.3) is 0 Å². The van der Waals surface area contributed by atoms with Crippen LogP contribution in [-0.2, 0) is 46.7 Å². The normalized spacial score (nSPS) is 23.7. The predicted octanol–water partition coefficient (Wildman–Crippen LogP) is 11.5. The molecular formula is C63H121N9O10P2. The van der Waals surface area contributed by atoms with Crippen molar-refractivity contribution >= 4 is 40.4 Å². The van der Waals surface area contributed by atoms with E-state index in [4.69, 9.17) is 38.1 Å². The molecule has 0 aromatic heterocycles. The zero-order valence-corrected chi connectivity index (χ0v) is 57.9. The minimum atomic E-state index is -1.13. The first-order chi connectivity index (χ1) is 40.0. The van der Waals surface area contributed by atoms with Gasteiger partial charge in [0.05, 0.1) is 63.2 Å². The van der Waals surface area contributed by atoms with E-state index in [2.05, 4.69) is 129 Å². The lowest BCUT2D eigenvalue weighted by Gasteiger charge is -2.38. The highest BCUT2D eigenvalue weighted by atomic mass is 31.2. The van der Waals surface area contributed by atoms with E-state index in [0.29, 0.717) is 74.9 Å². The van der Waals surface area contributed by atoms with Gasteiger partial charge < -0.3 is 42.1 Å². The second-order valence-electron chi connectivity index (χ2n) is 24.1. The van der Waals surface area contributed by atoms with Crippen LogP contribution in [0.3, 0.4) is 0 Å². The van der Waals surface area contributed by atoms with Crippen LogP contribution in [-0.4, -0.2) is 219 Å². The highest BCUT2D eigenvalue weighted by Crippen LogP contribution is 2.50. The van der Waals surface area contributed by atoms with E-state index in [1.165, 1.54) is 26.7 Å². The van der Waals surface area contributed by atoms with Gasteiger partial charge in [-0.15, -0.1) is 0 Å². The molecule has 4 rings (SSSR count). The third kappa shape index (κ3) is 30.3. The highest BCUT2D eigenvalue weighted by molar-refractivity contribution is 7.48. The Morgan fingerprint density at radius 1 is 0.536 bits per heavy atom. The van der Waals surface area contributed by atoms with Gasteiger partial charge in [0.25, 0.3) is 8.53 Å². The number of esters is 2. The summed E-state index contributed by atoms with van der Waals surface area (Å²) in [6.45, 7) is 40.7. The summed E-state index contributed by atoms with van der Waals surface area (Å²) in [7, 11) is 5.95. The van der Waals surface area contributed by atoms with Crippen molar-refractivity contribution in [3.63, 3.8) is 0 Å². The number of rotatable bonds is 36. The van der Waals surface area contributed by atoms with Crippen molar-refractivity contribution < 1.29 is 46.7 Å². The molecule has 4 aliphatic heterocycles. The summed E-state index contributed by atoms with van der Waals surface area (Å²) in [5.74, 6) is 0.704. The first-order valence-electron chi connectivity index (χ1n) is 32.4. The van der Waals surface area contributed by atoms with Crippen LogP contribution in [0.15, 0.2) is 0 Å². The third-order valence-electron chi connectivity index (χ3n) is 15.7. The van der Waals surface area contributed by atoms with Gasteiger partial charge in [-0.05, 0) is 166 Å². The molecule has 84 heavy (non-hydrogen) atoms. The second-order valence-corrected chi connectivity index (χ2v) is 27.0. The standard InChI is InChI=1S/C18H36N3O2P.C17H35N4O2P.2C14H25NO3/c1-7-12-20-13-10-18(17(20)8-2)23-24(22-14-9-11-19)21(15(3)4)16(5)6;1-7-11-21-13-15(8-2)16(14-21)23-24(22-12-9-10-18)17(19(3)4)20(5)6;1-4-9-15-10-8-13(12(15)5-2)18-14(17)7-6-11(3)16;1-4-8-15-9-12(5-2)13(10-15)18-14(17)7-6-11(3)16/h15-18H,7-10,12-14H2,1-6H3;15-17H,7-9,11-14H2,1-6H3;2*12-13H,4-10H2,1-3H3/t17-,18+,24?;15-,16-,24?;12-,13+;12-,13-/m0101/s1. The molecule has 0 bridgehead atoms. The van der Waals surface area contributed by atoms with Crippen LogP contribution in [0, 0.1) is 34.5 Å². The Hall–Kier alpha value is -2.32. The number of ether oxygens (including phenoxy) is 2. The summed E-state index contributed by atoms with van der Waals surface area (Å²) in [5.41, 5.74) is 0. The fourth-order valence-corrected chi connectivity index (χ4v) is 15.4. The molecule has 0 spiro atoms. The summed E-state index contributed by atoms with van der Waals surface area (Å²) in [5, 5.41) is 17.6. The minimum Gasteiger partial charge on any atom is -0.461 e. The molecule has 0 aliphatic carbocycles. The molecule has 0 saturated carbocycles. The molecule has 2 unspecified atom stereocenters. The van der Waals surface area contributed by atoms with Gasteiger partial charge in [-0.1, -0.05) is 55.4 Å². The average Bonchev–Trinajstić information content (AvgIpc) is 4.26. The van der Waals surface area contributed by atoms with Crippen molar-refractivity contribution in [3.05, 3.63) is 0 Å². The highest BCUT2D eigenvalue weighted by Gasteiger charge is 2.41. The summed E-state index contributed by atoms with van der Waals surface area (Å²) >= 11 is 0. The Morgan fingerprint density at radius 3 is 1.36 bits per heavy atom. The smallest absolute Gasteiger partial charge is 0.306 e. The lowest BCUT2D eigenvalue weighted by atomic mass is 10.0. The van der Waals surface area contributed by atoms with Gasteiger partial charge in [0.1, 0.15) is 29.7 Å². The van der Waals surface area contributed by atoms with Gasteiger partial charge in [-0.2, -0.15) is 10.5 Å². The number of nitrogens with zero attached hydrogens (tertiary/aromatic N) is 9. The number of Topliss-reactive ketones (excluding diaryl/α,β-unsaturated/α-hetero) is 2. The number of ketones is 2. The van der Waals surface area contributed by atoms with E-state index in [1.807, 2.05) is 28.2 Å². The molecule has 21 heteroatoms. The second kappa shape index (κ2) is 45.9. The summed E-state index contributed by atoms with van der Waals surface area (Å²) in [4.78, 5) is 59.0. The number of likely N-dealkylation sites (tertiary alicyclic amines) is 4. The zero-order valence-electron chi connectivity index (χ0n) is 56.2. The Morgan fingerprint density at radius 2 is 0.952 bits per heavy atom. The van der Waals surface area contributed by atoms with Crippen molar-refractivity contribution in [1.82, 2.24) is 34.1 Å². The topological polar surface area (TPSA) is 194 Å². The van der Waals surface area contributed by atoms with E-state index < -0.39 is 16.9 Å². The van der Waals surface area contributed by atoms with E-state index in [0.717, 1.165) is 117 Å². The number of carbonyl (C=O) groups excluding carboxylic acids is 4. The van der Waals surface area contributed by atoms with Crippen LogP contribution >= 0.6 is 16.9 Å². The fraction of sp³-hybridized carbons (Fsp3) is 0.905. The molecule has 0 radical (unpaired) electrons. The van der Waals surface area contributed by atoms with Crippen molar-refractivity contribution in [2.24, 2.45) is 11.8 Å². The van der Waals surface area contributed by atoms with Gasteiger partial charge >= 0.3 is 11.9 Å². The lowest BCUT2D eigenvalue weighted by molar-refractivity contribution is -0.151. The molecule has 4 saturated heterocycles. The molecule has 4 fully saturated rings. The number of hydrogen-bond acceptors (Lipinski definition) is 19. The molecule has 19 nitrogen and oxygen atoms in total. The van der Waals surface area contributed by atoms with E-state index >= 15 is 0 Å². The third-order valence-corrected chi connectivity index (χ3v) is 20.1. The maximum absolute atomic E-state index is 11.6. The van der Waals surface area contributed by atoms with Crippen LogP contribution in [0.1, 0.15) is 200 Å². The molecule has 0 N–H and O–H groups in total. The van der Waals surface area contributed by atoms with Crippen LogP contribution in [0.5, 0.6) is 0 Å². The Labute approximate surface area is 514 Å².